The maximum Gasteiger partial charge on any atom is 0.170 e. The Labute approximate surface area is 220 Å². The lowest BCUT2D eigenvalue weighted by Crippen LogP contribution is -2.65. The van der Waals surface area contributed by atoms with Crippen molar-refractivity contribution >= 4 is 17.3 Å². The molecule has 7 heteroatoms. The maximum atomic E-state index is 14.2. The Bertz CT molecular complexity index is 1050. The van der Waals surface area contributed by atoms with Gasteiger partial charge in [-0.2, -0.15) is 0 Å². The highest BCUT2D eigenvalue weighted by Crippen LogP contribution is 2.74. The average Bonchev–Trinajstić information content (AvgIpc) is 2.96. The number of carbonyl (C=O) groups is 3. The van der Waals surface area contributed by atoms with E-state index in [1.807, 2.05) is 27.7 Å². The van der Waals surface area contributed by atoms with Crippen LogP contribution in [0.3, 0.4) is 0 Å². The highest BCUT2D eigenvalue weighted by atomic mass is 16.3. The first-order chi connectivity index (χ1) is 16.7. The van der Waals surface area contributed by atoms with Gasteiger partial charge in [0.1, 0.15) is 17.5 Å². The zero-order chi connectivity index (χ0) is 28.1. The van der Waals surface area contributed by atoms with Crippen molar-refractivity contribution in [2.45, 2.75) is 117 Å². The molecule has 0 aromatic carbocycles. The van der Waals surface area contributed by atoms with Gasteiger partial charge in [0.15, 0.2) is 11.6 Å². The number of aliphatic hydroxyl groups excluding tert-OH is 2. The second-order valence-corrected chi connectivity index (χ2v) is 14.6. The molecule has 4 N–H and O–H groups in total. The lowest BCUT2D eigenvalue weighted by Gasteiger charge is -2.64. The van der Waals surface area contributed by atoms with E-state index in [4.69, 9.17) is 0 Å². The molecule has 4 rings (SSSR count). The Balaban J connectivity index is 1.77. The molecule has 0 aliphatic heterocycles. The zero-order valence-electron chi connectivity index (χ0n) is 23.7. The SMILES string of the molecule is CC(C)(O)CCC(=O)[C@@](C)(O)C1[C@H](O)C[C@@]2(C)[C@@H]3CC=C4C(C[C@H](O)C(=O)C4(C)C)[C@]3(C)C(=O)C[C@]12C. The number of allylic oxidation sites excluding steroid dienone is 2. The monoisotopic (exact) mass is 518 g/mol. The molecule has 208 valence electrons. The number of hydrogen-bond acceptors (Lipinski definition) is 7. The van der Waals surface area contributed by atoms with Crippen LogP contribution in [0.4, 0.5) is 0 Å². The van der Waals surface area contributed by atoms with Gasteiger partial charge in [0, 0.05) is 29.6 Å². The molecule has 0 amide bonds. The third-order valence-electron chi connectivity index (χ3n) is 11.5. The van der Waals surface area contributed by atoms with Crippen LogP contribution in [0.2, 0.25) is 0 Å². The zero-order valence-corrected chi connectivity index (χ0v) is 23.7. The van der Waals surface area contributed by atoms with Crippen molar-refractivity contribution in [3.05, 3.63) is 11.6 Å². The summed E-state index contributed by atoms with van der Waals surface area (Å²) in [6.07, 6.45) is 1.33. The molecule has 3 fully saturated rings. The number of aliphatic hydroxyl groups is 4. The van der Waals surface area contributed by atoms with E-state index in [0.29, 0.717) is 12.8 Å². The van der Waals surface area contributed by atoms with Crippen LogP contribution in [0.15, 0.2) is 11.6 Å². The molecular weight excluding hydrogens is 472 g/mol. The van der Waals surface area contributed by atoms with Crippen LogP contribution in [-0.4, -0.2) is 61.2 Å². The first-order valence-corrected chi connectivity index (χ1v) is 13.8. The van der Waals surface area contributed by atoms with Gasteiger partial charge in [0.05, 0.1) is 11.7 Å². The molecule has 4 aliphatic carbocycles. The first kappa shape index (κ1) is 28.6. The number of hydrogen-bond donors (Lipinski definition) is 4. The van der Waals surface area contributed by atoms with Gasteiger partial charge in [0.25, 0.3) is 0 Å². The molecule has 9 atom stereocenters. The Morgan fingerprint density at radius 3 is 2.19 bits per heavy atom. The summed E-state index contributed by atoms with van der Waals surface area (Å²) in [5, 5.41) is 43.9. The smallest absolute Gasteiger partial charge is 0.170 e. The third-order valence-corrected chi connectivity index (χ3v) is 11.5. The number of rotatable bonds is 5. The number of carbonyl (C=O) groups excluding carboxylic acids is 3. The Morgan fingerprint density at radius 2 is 1.62 bits per heavy atom. The van der Waals surface area contributed by atoms with Crippen molar-refractivity contribution in [2.75, 3.05) is 0 Å². The molecular formula is C30H46O7. The lowest BCUT2D eigenvalue weighted by atomic mass is 9.38. The standard InChI is InChI=1S/C30H46O7/c1-25(2,36)12-11-21(33)30(8,37)23-19(32)14-27(5)20-10-9-16-17(13-18(31)24(35)26(16,3)4)29(20,7)22(34)15-28(23,27)6/h9,17-20,23,31-32,36-37H,10-15H2,1-8H3/t17?,18-,19+,20-,23?,27-,28+,29-,30+/m0/s1. The van der Waals surface area contributed by atoms with Crippen molar-refractivity contribution in [2.24, 2.45) is 39.4 Å². The minimum atomic E-state index is -1.86. The molecule has 0 aromatic heterocycles. The maximum absolute atomic E-state index is 14.2. The first-order valence-electron chi connectivity index (χ1n) is 13.8. The van der Waals surface area contributed by atoms with Crippen molar-refractivity contribution < 1.29 is 34.8 Å². The summed E-state index contributed by atoms with van der Waals surface area (Å²) in [4.78, 5) is 40.4. The fourth-order valence-electron chi connectivity index (χ4n) is 9.24. The lowest BCUT2D eigenvalue weighted by molar-refractivity contribution is -0.185. The molecule has 4 aliphatic rings. The van der Waals surface area contributed by atoms with Crippen LogP contribution in [0.25, 0.3) is 0 Å². The van der Waals surface area contributed by atoms with Gasteiger partial charge < -0.3 is 20.4 Å². The van der Waals surface area contributed by atoms with Gasteiger partial charge in [-0.15, -0.1) is 0 Å². The molecule has 37 heavy (non-hydrogen) atoms. The van der Waals surface area contributed by atoms with Gasteiger partial charge in [-0.1, -0.05) is 32.4 Å². The van der Waals surface area contributed by atoms with Crippen LogP contribution in [-0.2, 0) is 14.4 Å². The summed E-state index contributed by atoms with van der Waals surface area (Å²) in [6.45, 7) is 14.3. The van der Waals surface area contributed by atoms with E-state index >= 15 is 0 Å². The van der Waals surface area contributed by atoms with Crippen LogP contribution in [0.5, 0.6) is 0 Å². The summed E-state index contributed by atoms with van der Waals surface area (Å²) in [5.41, 5.74) is -5.10. The molecule has 0 spiro atoms. The van der Waals surface area contributed by atoms with E-state index in [-0.39, 0.29) is 49.1 Å². The Kier molecular flexibility index (Phi) is 6.41. The van der Waals surface area contributed by atoms with Crippen LogP contribution in [0.1, 0.15) is 93.9 Å². The van der Waals surface area contributed by atoms with Crippen LogP contribution < -0.4 is 0 Å². The summed E-state index contributed by atoms with van der Waals surface area (Å²) in [6, 6.07) is 0. The van der Waals surface area contributed by atoms with Gasteiger partial charge >= 0.3 is 0 Å². The highest BCUT2D eigenvalue weighted by Gasteiger charge is 2.74. The number of fused-ring (bicyclic) bond motifs is 5. The van der Waals surface area contributed by atoms with Gasteiger partial charge in [-0.25, -0.2) is 0 Å². The fraction of sp³-hybridized carbons (Fsp3) is 0.833. The van der Waals surface area contributed by atoms with Gasteiger partial charge in [-0.05, 0) is 83.0 Å². The fourth-order valence-corrected chi connectivity index (χ4v) is 9.24. The topological polar surface area (TPSA) is 132 Å². The average molecular weight is 519 g/mol. The van der Waals surface area contributed by atoms with Gasteiger partial charge in [-0.3, -0.25) is 14.4 Å². The normalized spacial score (nSPS) is 44.9. The van der Waals surface area contributed by atoms with Gasteiger partial charge in [0.2, 0.25) is 0 Å². The Hall–Kier alpha value is -1.41. The molecule has 0 radical (unpaired) electrons. The number of Topliss-reactive ketones (excluding diaryl/α,β-unsaturated/α-hetero) is 3. The second kappa shape index (κ2) is 8.30. The summed E-state index contributed by atoms with van der Waals surface area (Å²) in [5.74, 6) is -1.96. The quantitative estimate of drug-likeness (QED) is 0.411. The van der Waals surface area contributed by atoms with E-state index in [9.17, 15) is 34.8 Å². The summed E-state index contributed by atoms with van der Waals surface area (Å²) < 4.78 is 0. The molecule has 0 aromatic rings. The van der Waals surface area contributed by atoms with E-state index < -0.39 is 56.8 Å². The minimum Gasteiger partial charge on any atom is -0.393 e. The number of ketones is 3. The Morgan fingerprint density at radius 1 is 1.03 bits per heavy atom. The summed E-state index contributed by atoms with van der Waals surface area (Å²) >= 11 is 0. The van der Waals surface area contributed by atoms with Crippen molar-refractivity contribution in [1.82, 2.24) is 0 Å². The summed E-state index contributed by atoms with van der Waals surface area (Å²) in [7, 11) is 0. The van der Waals surface area contributed by atoms with E-state index in [0.717, 1.165) is 5.57 Å². The molecule has 7 nitrogen and oxygen atoms in total. The molecule has 3 saturated carbocycles. The van der Waals surface area contributed by atoms with Crippen LogP contribution >= 0.6 is 0 Å². The predicted molar refractivity (Wildman–Crippen MR) is 138 cm³/mol. The van der Waals surface area contributed by atoms with E-state index in [1.54, 1.807) is 13.8 Å². The van der Waals surface area contributed by atoms with E-state index in [1.165, 1.54) is 6.92 Å². The molecule has 2 unspecified atom stereocenters. The predicted octanol–water partition coefficient (Wildman–Crippen LogP) is 3.15. The molecule has 0 saturated heterocycles. The van der Waals surface area contributed by atoms with Crippen molar-refractivity contribution in [3.63, 3.8) is 0 Å². The third kappa shape index (κ3) is 3.78. The second-order valence-electron chi connectivity index (χ2n) is 14.6. The van der Waals surface area contributed by atoms with E-state index in [2.05, 4.69) is 13.0 Å². The largest absolute Gasteiger partial charge is 0.393 e. The van der Waals surface area contributed by atoms with Crippen molar-refractivity contribution in [3.8, 4) is 0 Å². The van der Waals surface area contributed by atoms with Crippen molar-refractivity contribution in [1.29, 1.82) is 0 Å². The highest BCUT2D eigenvalue weighted by molar-refractivity contribution is 5.95. The van der Waals surface area contributed by atoms with Crippen LogP contribution in [0, 0.1) is 39.4 Å². The molecule has 0 heterocycles. The molecule has 0 bridgehead atoms. The minimum absolute atomic E-state index is 0.00395.